The number of pyridine rings is 1. The highest BCUT2D eigenvalue weighted by molar-refractivity contribution is 5.50. The molecule has 5 rings (SSSR count). The predicted octanol–water partition coefficient (Wildman–Crippen LogP) is 5.44. The van der Waals surface area contributed by atoms with Crippen LogP contribution in [0.25, 0.3) is 0 Å². The van der Waals surface area contributed by atoms with Crippen molar-refractivity contribution in [2.24, 2.45) is 0 Å². The van der Waals surface area contributed by atoms with Gasteiger partial charge in [-0.1, -0.05) is 67.9 Å². The largest absolute Gasteiger partial charge is 0.380 e. The van der Waals surface area contributed by atoms with E-state index < -0.39 is 0 Å². The number of likely N-dealkylation sites (tertiary alicyclic amines) is 1. The van der Waals surface area contributed by atoms with Gasteiger partial charge in [0, 0.05) is 32.2 Å². The zero-order valence-corrected chi connectivity index (χ0v) is 20.8. The smallest absolute Gasteiger partial charge is 0.128 e. The lowest BCUT2D eigenvalue weighted by Crippen LogP contribution is -2.51. The number of hydrogen-bond donors (Lipinski definition) is 0. The van der Waals surface area contributed by atoms with Crippen LogP contribution in [0.4, 0.5) is 5.82 Å². The van der Waals surface area contributed by atoms with Crippen molar-refractivity contribution >= 4 is 5.82 Å². The Hall–Kier alpha value is -2.35. The summed E-state index contributed by atoms with van der Waals surface area (Å²) in [6.45, 7) is 4.33. The Balaban J connectivity index is 1.47. The van der Waals surface area contributed by atoms with Crippen molar-refractivity contribution in [2.75, 3.05) is 38.2 Å². The maximum Gasteiger partial charge on any atom is 0.128 e. The van der Waals surface area contributed by atoms with Gasteiger partial charge in [-0.15, -0.1) is 0 Å². The summed E-state index contributed by atoms with van der Waals surface area (Å²) in [6.07, 6.45) is 12.6. The van der Waals surface area contributed by atoms with Crippen LogP contribution in [-0.4, -0.2) is 54.8 Å². The second kappa shape index (κ2) is 10.9. The van der Waals surface area contributed by atoms with Crippen molar-refractivity contribution in [1.29, 1.82) is 0 Å². The van der Waals surface area contributed by atoms with Gasteiger partial charge in [-0.2, -0.15) is 0 Å². The second-order valence-corrected chi connectivity index (χ2v) is 10.3. The van der Waals surface area contributed by atoms with E-state index in [2.05, 4.69) is 64.1 Å². The molecule has 0 amide bonds. The summed E-state index contributed by atoms with van der Waals surface area (Å²) in [6, 6.07) is 15.1. The van der Waals surface area contributed by atoms with Crippen molar-refractivity contribution in [3.8, 4) is 11.8 Å². The molecule has 4 nitrogen and oxygen atoms in total. The summed E-state index contributed by atoms with van der Waals surface area (Å²) in [5.41, 5.74) is 3.54. The second-order valence-electron chi connectivity index (χ2n) is 10.3. The van der Waals surface area contributed by atoms with Gasteiger partial charge in [0.1, 0.15) is 5.82 Å². The van der Waals surface area contributed by atoms with Gasteiger partial charge in [-0.3, -0.25) is 4.90 Å². The van der Waals surface area contributed by atoms with Gasteiger partial charge in [0.2, 0.25) is 0 Å². The van der Waals surface area contributed by atoms with E-state index in [1.54, 1.807) is 0 Å². The number of anilines is 1. The number of piperidine rings is 1. The Morgan fingerprint density at radius 3 is 2.44 bits per heavy atom. The number of nitrogens with zero attached hydrogens (tertiary/aromatic N) is 3. The fraction of sp³-hybridized carbons (Fsp3) is 0.567. The van der Waals surface area contributed by atoms with E-state index in [4.69, 9.17) is 9.72 Å². The lowest BCUT2D eigenvalue weighted by atomic mass is 9.79. The molecule has 3 heterocycles. The lowest BCUT2D eigenvalue weighted by Gasteiger charge is -2.44. The summed E-state index contributed by atoms with van der Waals surface area (Å²) in [5, 5.41) is 0. The minimum Gasteiger partial charge on any atom is -0.380 e. The molecule has 1 aliphatic carbocycles. The first-order valence-electron chi connectivity index (χ1n) is 13.4. The summed E-state index contributed by atoms with van der Waals surface area (Å²) in [5.74, 6) is 8.59. The zero-order chi connectivity index (χ0) is 23.2. The highest BCUT2D eigenvalue weighted by Gasteiger charge is 2.37. The third-order valence-corrected chi connectivity index (χ3v) is 8.05. The molecule has 1 atom stereocenters. The van der Waals surface area contributed by atoms with Crippen LogP contribution < -0.4 is 4.90 Å². The number of rotatable bonds is 5. The van der Waals surface area contributed by atoms with E-state index in [9.17, 15) is 0 Å². The minimum atomic E-state index is 0.0575. The molecule has 0 bridgehead atoms. The third kappa shape index (κ3) is 5.32. The van der Waals surface area contributed by atoms with E-state index in [1.165, 1.54) is 70.0 Å². The molecule has 3 fully saturated rings. The number of benzene rings is 1. The van der Waals surface area contributed by atoms with Crippen molar-refractivity contribution in [3.05, 3.63) is 59.3 Å². The maximum atomic E-state index is 5.59. The van der Waals surface area contributed by atoms with Gasteiger partial charge in [0.05, 0.1) is 17.3 Å². The van der Waals surface area contributed by atoms with Crippen LogP contribution in [0.15, 0.2) is 42.5 Å². The van der Waals surface area contributed by atoms with E-state index in [-0.39, 0.29) is 5.54 Å². The molecule has 180 valence electrons. The molecule has 0 radical (unpaired) electrons. The number of hydrogen-bond acceptors (Lipinski definition) is 4. The molecule has 1 saturated carbocycles. The molecule has 2 aliphatic heterocycles. The molecule has 34 heavy (non-hydrogen) atoms. The Kier molecular flexibility index (Phi) is 7.52. The third-order valence-electron chi connectivity index (χ3n) is 8.05. The van der Waals surface area contributed by atoms with Crippen molar-refractivity contribution in [1.82, 2.24) is 9.88 Å². The summed E-state index contributed by atoms with van der Waals surface area (Å²) in [4.78, 5) is 10.2. The molecular formula is C30H39N3O. The highest BCUT2D eigenvalue weighted by atomic mass is 16.5. The SMILES string of the molecule is CO[C@H]1CCN(c2ccc(C#CC3(N4CCCCC4)CCCCC3)c(Cc3ccccc3)n2)C1. The summed E-state index contributed by atoms with van der Waals surface area (Å²) >= 11 is 0. The number of methoxy groups -OCH3 is 1. The Morgan fingerprint density at radius 1 is 0.941 bits per heavy atom. The number of aromatic nitrogens is 1. The highest BCUT2D eigenvalue weighted by Crippen LogP contribution is 2.35. The Bertz CT molecular complexity index is 997. The van der Waals surface area contributed by atoms with Crippen LogP contribution in [-0.2, 0) is 11.2 Å². The average molecular weight is 458 g/mol. The first-order valence-corrected chi connectivity index (χ1v) is 13.4. The van der Waals surface area contributed by atoms with E-state index in [0.717, 1.165) is 43.0 Å². The standard InChI is InChI=1S/C30H39N3O/c1-34-27-16-22-32(24-27)29-14-13-26(28(31-29)23-25-11-5-2-6-12-25)15-19-30(17-7-3-8-18-30)33-20-9-4-10-21-33/h2,5-6,11-14,27H,3-4,7-10,16-18,20-24H2,1H3/t27-/m0/s1. The first kappa shape index (κ1) is 23.4. The van der Waals surface area contributed by atoms with Crippen LogP contribution in [0.2, 0.25) is 0 Å². The predicted molar refractivity (Wildman–Crippen MR) is 139 cm³/mol. The molecule has 1 aromatic heterocycles. The van der Waals surface area contributed by atoms with E-state index >= 15 is 0 Å². The first-order chi connectivity index (χ1) is 16.8. The van der Waals surface area contributed by atoms with Gasteiger partial charge in [-0.25, -0.2) is 4.98 Å². The van der Waals surface area contributed by atoms with Gasteiger partial charge >= 0.3 is 0 Å². The maximum absolute atomic E-state index is 5.59. The fourth-order valence-corrected chi connectivity index (χ4v) is 5.99. The van der Waals surface area contributed by atoms with Gasteiger partial charge in [0.25, 0.3) is 0 Å². The Labute approximate surface area is 205 Å². The minimum absolute atomic E-state index is 0.0575. The molecule has 4 heteroatoms. The zero-order valence-electron chi connectivity index (χ0n) is 20.8. The Morgan fingerprint density at radius 2 is 1.71 bits per heavy atom. The van der Waals surface area contributed by atoms with Crippen molar-refractivity contribution in [2.45, 2.75) is 75.9 Å². The van der Waals surface area contributed by atoms with Crippen LogP contribution in [0.5, 0.6) is 0 Å². The molecule has 0 spiro atoms. The molecule has 1 aromatic carbocycles. The molecular weight excluding hydrogens is 418 g/mol. The molecule has 3 aliphatic rings. The quantitative estimate of drug-likeness (QED) is 0.559. The fourth-order valence-electron chi connectivity index (χ4n) is 5.99. The van der Waals surface area contributed by atoms with Crippen molar-refractivity contribution in [3.63, 3.8) is 0 Å². The van der Waals surface area contributed by atoms with Gasteiger partial charge in [0.15, 0.2) is 0 Å². The van der Waals surface area contributed by atoms with Gasteiger partial charge in [-0.05, 0) is 62.9 Å². The molecule has 2 saturated heterocycles. The monoisotopic (exact) mass is 457 g/mol. The number of ether oxygens (including phenoxy) is 1. The van der Waals surface area contributed by atoms with Crippen LogP contribution >= 0.6 is 0 Å². The summed E-state index contributed by atoms with van der Waals surface area (Å²) < 4.78 is 5.59. The topological polar surface area (TPSA) is 28.6 Å². The van der Waals surface area contributed by atoms with Crippen molar-refractivity contribution < 1.29 is 4.74 Å². The van der Waals surface area contributed by atoms with E-state index in [1.807, 2.05) is 7.11 Å². The molecule has 0 N–H and O–H groups in total. The van der Waals surface area contributed by atoms with Crippen LogP contribution in [0.3, 0.4) is 0 Å². The lowest BCUT2D eigenvalue weighted by molar-refractivity contribution is 0.0793. The van der Waals surface area contributed by atoms with E-state index in [0.29, 0.717) is 6.10 Å². The molecule has 2 aromatic rings. The van der Waals surface area contributed by atoms with Crippen LogP contribution in [0, 0.1) is 11.8 Å². The van der Waals surface area contributed by atoms with Gasteiger partial charge < -0.3 is 9.64 Å². The summed E-state index contributed by atoms with van der Waals surface area (Å²) in [7, 11) is 1.81. The average Bonchev–Trinajstić information content (AvgIpc) is 3.39. The van der Waals surface area contributed by atoms with Crippen LogP contribution in [0.1, 0.15) is 74.6 Å². The molecule has 0 unspecified atom stereocenters. The normalized spacial score (nSPS) is 22.9.